The molecule has 0 bridgehead atoms. The molecule has 2 aromatic rings. The van der Waals surface area contributed by atoms with Crippen molar-refractivity contribution in [3.05, 3.63) is 71.3 Å². The molecule has 0 aliphatic carbocycles. The predicted octanol–water partition coefficient (Wildman–Crippen LogP) is 3.25. The van der Waals surface area contributed by atoms with Crippen molar-refractivity contribution in [2.75, 3.05) is 20.2 Å². The summed E-state index contributed by atoms with van der Waals surface area (Å²) in [5, 5.41) is 12.6. The summed E-state index contributed by atoms with van der Waals surface area (Å²) in [6.45, 7) is 1.89. The van der Waals surface area contributed by atoms with Crippen LogP contribution in [-0.4, -0.2) is 20.2 Å². The van der Waals surface area contributed by atoms with Crippen molar-refractivity contribution in [3.63, 3.8) is 0 Å². The van der Waals surface area contributed by atoms with E-state index in [0.29, 0.717) is 17.4 Å². The number of nitrogens with one attached hydrogen (secondary N) is 1. The van der Waals surface area contributed by atoms with E-state index in [-0.39, 0.29) is 6.10 Å². The van der Waals surface area contributed by atoms with Crippen LogP contribution in [0.3, 0.4) is 0 Å². The van der Waals surface area contributed by atoms with Crippen LogP contribution >= 0.6 is 0 Å². The normalized spacial score (nSPS) is 22.2. The van der Waals surface area contributed by atoms with Crippen LogP contribution < -0.4 is 5.32 Å². The molecule has 1 heterocycles. The number of benzene rings is 2. The van der Waals surface area contributed by atoms with Crippen molar-refractivity contribution in [2.24, 2.45) is 5.92 Å². The van der Waals surface area contributed by atoms with Gasteiger partial charge in [0.2, 0.25) is 0 Å². The molecule has 0 saturated carbocycles. The first-order valence-electron chi connectivity index (χ1n) is 7.62. The molecule has 0 amide bonds. The Balaban J connectivity index is 1.90. The van der Waals surface area contributed by atoms with Gasteiger partial charge in [-0.1, -0.05) is 42.5 Å². The van der Waals surface area contributed by atoms with Crippen molar-refractivity contribution in [2.45, 2.75) is 12.0 Å². The van der Waals surface area contributed by atoms with Gasteiger partial charge in [-0.2, -0.15) is 5.26 Å². The lowest BCUT2D eigenvalue weighted by Gasteiger charge is -2.27. The average Bonchev–Trinajstić information content (AvgIpc) is 3.06. The maximum atomic E-state index is 9.11. The van der Waals surface area contributed by atoms with Gasteiger partial charge in [0.1, 0.15) is 0 Å². The molecule has 3 atom stereocenters. The summed E-state index contributed by atoms with van der Waals surface area (Å²) in [6.07, 6.45) is -0.00601. The Hall–Kier alpha value is -2.15. The maximum absolute atomic E-state index is 9.11. The second-order valence-electron chi connectivity index (χ2n) is 5.73. The van der Waals surface area contributed by atoms with E-state index in [0.717, 1.165) is 18.7 Å². The number of nitriles is 1. The molecule has 0 aromatic heterocycles. The summed E-state index contributed by atoms with van der Waals surface area (Å²) in [4.78, 5) is 0. The van der Waals surface area contributed by atoms with E-state index in [4.69, 9.17) is 10.00 Å². The summed E-state index contributed by atoms with van der Waals surface area (Å²) >= 11 is 0. The maximum Gasteiger partial charge on any atom is 0.0991 e. The molecule has 3 rings (SSSR count). The third-order valence-corrected chi connectivity index (χ3v) is 4.48. The van der Waals surface area contributed by atoms with Crippen LogP contribution in [0.4, 0.5) is 0 Å². The van der Waals surface area contributed by atoms with E-state index in [1.54, 1.807) is 7.11 Å². The van der Waals surface area contributed by atoms with Gasteiger partial charge in [0.05, 0.1) is 17.7 Å². The van der Waals surface area contributed by atoms with Crippen molar-refractivity contribution in [1.82, 2.24) is 5.32 Å². The zero-order chi connectivity index (χ0) is 15.4. The summed E-state index contributed by atoms with van der Waals surface area (Å²) in [5.74, 6) is 0.790. The van der Waals surface area contributed by atoms with E-state index in [1.807, 2.05) is 24.3 Å². The molecule has 1 fully saturated rings. The molecular weight excluding hydrogens is 272 g/mol. The molecule has 2 aromatic carbocycles. The number of nitrogens with zero attached hydrogens (tertiary/aromatic N) is 1. The number of methoxy groups -OCH3 is 1. The van der Waals surface area contributed by atoms with E-state index >= 15 is 0 Å². The highest BCUT2D eigenvalue weighted by atomic mass is 16.5. The monoisotopic (exact) mass is 292 g/mol. The number of ether oxygens (including phenoxy) is 1. The lowest BCUT2D eigenvalue weighted by atomic mass is 9.82. The van der Waals surface area contributed by atoms with E-state index in [2.05, 4.69) is 41.7 Å². The number of hydrogen-bond donors (Lipinski definition) is 1. The fourth-order valence-corrected chi connectivity index (χ4v) is 3.43. The highest BCUT2D eigenvalue weighted by molar-refractivity contribution is 5.35. The van der Waals surface area contributed by atoms with Crippen LogP contribution in [0.1, 0.15) is 28.7 Å². The molecule has 3 nitrogen and oxygen atoms in total. The van der Waals surface area contributed by atoms with E-state index < -0.39 is 0 Å². The van der Waals surface area contributed by atoms with E-state index in [1.165, 1.54) is 5.56 Å². The second kappa shape index (κ2) is 6.74. The van der Waals surface area contributed by atoms with Gasteiger partial charge in [-0.3, -0.25) is 0 Å². The Bertz CT molecular complexity index is 663. The Morgan fingerprint density at radius 2 is 1.95 bits per heavy atom. The Labute approximate surface area is 131 Å². The summed E-state index contributed by atoms with van der Waals surface area (Å²) in [7, 11) is 1.75. The smallest absolute Gasteiger partial charge is 0.0991 e. The van der Waals surface area contributed by atoms with Crippen molar-refractivity contribution < 1.29 is 4.74 Å². The SMILES string of the molecule is COC(c1cccc(C#N)c1)C1CNCC1c1ccccc1. The molecule has 22 heavy (non-hydrogen) atoms. The third-order valence-electron chi connectivity index (χ3n) is 4.48. The Morgan fingerprint density at radius 1 is 1.14 bits per heavy atom. The van der Waals surface area contributed by atoms with Crippen LogP contribution in [0.25, 0.3) is 0 Å². The molecule has 1 aliphatic heterocycles. The first-order chi connectivity index (χ1) is 10.8. The van der Waals surface area contributed by atoms with Gasteiger partial charge in [0.15, 0.2) is 0 Å². The summed E-state index contributed by atoms with van der Waals surface area (Å²) < 4.78 is 5.82. The Kier molecular flexibility index (Phi) is 4.53. The first-order valence-corrected chi connectivity index (χ1v) is 7.62. The van der Waals surface area contributed by atoms with Gasteiger partial charge in [-0.15, -0.1) is 0 Å². The molecule has 112 valence electrons. The van der Waals surface area contributed by atoms with Crippen molar-refractivity contribution >= 4 is 0 Å². The van der Waals surface area contributed by atoms with Gasteiger partial charge in [0, 0.05) is 32.0 Å². The largest absolute Gasteiger partial charge is 0.376 e. The van der Waals surface area contributed by atoms with Crippen LogP contribution in [0, 0.1) is 17.2 Å². The molecule has 3 heteroatoms. The quantitative estimate of drug-likeness (QED) is 0.941. The number of rotatable bonds is 4. The third kappa shape index (κ3) is 2.89. The first kappa shape index (κ1) is 14.8. The average molecular weight is 292 g/mol. The standard InChI is InChI=1S/C19H20N2O/c1-22-19(16-9-5-6-14(10-16)11-20)18-13-21-12-17(18)15-7-3-2-4-8-15/h2-10,17-19,21H,12-13H2,1H3. The number of hydrogen-bond acceptors (Lipinski definition) is 3. The predicted molar refractivity (Wildman–Crippen MR) is 86.4 cm³/mol. The molecule has 1 aliphatic rings. The van der Waals surface area contributed by atoms with Gasteiger partial charge in [0.25, 0.3) is 0 Å². The molecule has 3 unspecified atom stereocenters. The van der Waals surface area contributed by atoms with Gasteiger partial charge in [-0.25, -0.2) is 0 Å². The summed E-state index contributed by atoms with van der Waals surface area (Å²) in [5.41, 5.74) is 3.11. The fraction of sp³-hybridized carbons (Fsp3) is 0.316. The lowest BCUT2D eigenvalue weighted by molar-refractivity contribution is 0.0522. The minimum absolute atomic E-state index is 0.00601. The fourth-order valence-electron chi connectivity index (χ4n) is 3.43. The van der Waals surface area contributed by atoms with E-state index in [9.17, 15) is 0 Å². The zero-order valence-corrected chi connectivity index (χ0v) is 12.7. The second-order valence-corrected chi connectivity index (χ2v) is 5.73. The zero-order valence-electron chi connectivity index (χ0n) is 12.7. The van der Waals surface area contributed by atoms with Crippen LogP contribution in [0.5, 0.6) is 0 Å². The van der Waals surface area contributed by atoms with Gasteiger partial charge < -0.3 is 10.1 Å². The van der Waals surface area contributed by atoms with Crippen molar-refractivity contribution in [3.8, 4) is 6.07 Å². The van der Waals surface area contributed by atoms with Crippen molar-refractivity contribution in [1.29, 1.82) is 5.26 Å². The minimum atomic E-state index is -0.00601. The minimum Gasteiger partial charge on any atom is -0.376 e. The lowest BCUT2D eigenvalue weighted by Crippen LogP contribution is -2.21. The molecule has 0 spiro atoms. The molecule has 0 radical (unpaired) electrons. The van der Waals surface area contributed by atoms with Crippen LogP contribution in [0.2, 0.25) is 0 Å². The highest BCUT2D eigenvalue weighted by Gasteiger charge is 2.35. The topological polar surface area (TPSA) is 45.0 Å². The molecule has 1 N–H and O–H groups in total. The molecule has 1 saturated heterocycles. The molecular formula is C19H20N2O. The van der Waals surface area contributed by atoms with Crippen LogP contribution in [-0.2, 0) is 4.74 Å². The van der Waals surface area contributed by atoms with Crippen LogP contribution in [0.15, 0.2) is 54.6 Å². The summed E-state index contributed by atoms with van der Waals surface area (Å²) in [6, 6.07) is 20.5. The van der Waals surface area contributed by atoms with Gasteiger partial charge in [-0.05, 0) is 23.3 Å². The highest BCUT2D eigenvalue weighted by Crippen LogP contribution is 2.38. The van der Waals surface area contributed by atoms with Gasteiger partial charge >= 0.3 is 0 Å². The Morgan fingerprint density at radius 3 is 2.68 bits per heavy atom.